The van der Waals surface area contributed by atoms with Crippen LogP contribution in [-0.2, 0) is 9.59 Å². The summed E-state index contributed by atoms with van der Waals surface area (Å²) in [6, 6.07) is 0. The van der Waals surface area contributed by atoms with Gasteiger partial charge in [-0.3, -0.25) is 0 Å². The first-order chi connectivity index (χ1) is 3.63. The summed E-state index contributed by atoms with van der Waals surface area (Å²) in [6.45, 7) is 0. The number of carbonyl (C=O) groups is 2. The Labute approximate surface area is 104 Å². The maximum atomic E-state index is 9.50. The summed E-state index contributed by atoms with van der Waals surface area (Å²) in [4.78, 5) is 19.0. The third-order valence-electron chi connectivity index (χ3n) is 0.533. The van der Waals surface area contributed by atoms with Crippen LogP contribution < -0.4 is 10.2 Å². The van der Waals surface area contributed by atoms with E-state index in [1.165, 1.54) is 0 Å². The number of rotatable bonds is 3. The Balaban J connectivity index is -0.0000000245. The van der Waals surface area contributed by atoms with Gasteiger partial charge >= 0.3 is 37.7 Å². The van der Waals surface area contributed by atoms with E-state index in [4.69, 9.17) is 0 Å². The predicted octanol–water partition coefficient (Wildman–Crippen LogP) is -6.41. The molecule has 0 heterocycles. The molecule has 0 spiro atoms. The molecule has 78 valence electrons. The predicted molar refractivity (Wildman–Crippen MR) is 39.5 cm³/mol. The molecule has 0 radical (unpaired) electrons. The first-order valence-electron chi connectivity index (χ1n) is 2.02. The van der Waals surface area contributed by atoms with Crippen LogP contribution in [0.15, 0.2) is 0 Å². The van der Waals surface area contributed by atoms with Crippen LogP contribution in [0.3, 0.4) is 0 Å². The summed E-state index contributed by atoms with van der Waals surface area (Å²) >= 11 is 0. The van der Waals surface area contributed by atoms with E-state index in [0.717, 1.165) is 0 Å². The molecule has 13 heavy (non-hydrogen) atoms. The molecule has 0 unspecified atom stereocenters. The van der Waals surface area contributed by atoms with Crippen molar-refractivity contribution in [1.82, 2.24) is 0 Å². The van der Waals surface area contributed by atoms with Crippen molar-refractivity contribution in [3.8, 4) is 0 Å². The standard InChI is InChI=1S/C4H6O4.Ca.4H2O/c5-3(6)1-2-4(7)8;;;;;/h1-2H2,(H,5,6)(H,7,8);;4*1H2/q;+2;;;;/p-2. The second kappa shape index (κ2) is 22.7. The molecule has 0 atom stereocenters. The van der Waals surface area contributed by atoms with Crippen LogP contribution in [0.5, 0.6) is 0 Å². The third kappa shape index (κ3) is 47.8. The quantitative estimate of drug-likeness (QED) is 0.431. The zero-order valence-electron chi connectivity index (χ0n) is 6.75. The summed E-state index contributed by atoms with van der Waals surface area (Å²) in [5.74, 6) is -2.73. The van der Waals surface area contributed by atoms with Crippen molar-refractivity contribution in [3.05, 3.63) is 0 Å². The van der Waals surface area contributed by atoms with E-state index in [-0.39, 0.29) is 59.6 Å². The molecule has 0 rings (SSSR count). The van der Waals surface area contributed by atoms with Crippen LogP contribution in [0.2, 0.25) is 0 Å². The van der Waals surface area contributed by atoms with Gasteiger partial charge in [-0.15, -0.1) is 0 Å². The van der Waals surface area contributed by atoms with Crippen molar-refractivity contribution in [1.29, 1.82) is 0 Å². The van der Waals surface area contributed by atoms with Crippen molar-refractivity contribution in [2.24, 2.45) is 0 Å². The maximum absolute atomic E-state index is 9.50. The number of aliphatic carboxylic acids is 2. The second-order valence-corrected chi connectivity index (χ2v) is 1.24. The van der Waals surface area contributed by atoms with E-state index in [9.17, 15) is 19.8 Å². The van der Waals surface area contributed by atoms with Gasteiger partial charge in [-0.25, -0.2) is 0 Å². The summed E-state index contributed by atoms with van der Waals surface area (Å²) in [5.41, 5.74) is 0. The monoisotopic (exact) mass is 228 g/mol. The normalized spacial score (nSPS) is 5.23. The van der Waals surface area contributed by atoms with Crippen LogP contribution in [0.25, 0.3) is 0 Å². The van der Waals surface area contributed by atoms with Gasteiger partial charge in [0.1, 0.15) is 0 Å². The molecule has 8 N–H and O–H groups in total. The van der Waals surface area contributed by atoms with Crippen LogP contribution in [0.1, 0.15) is 12.8 Å². The number of hydrogen-bond donors (Lipinski definition) is 0. The Kier molecular flexibility index (Phi) is 66.6. The molecule has 8 nitrogen and oxygen atoms in total. The Morgan fingerprint density at radius 3 is 1.00 bits per heavy atom. The fraction of sp³-hybridized carbons (Fsp3) is 0.500. The van der Waals surface area contributed by atoms with Gasteiger partial charge in [0, 0.05) is 11.9 Å². The van der Waals surface area contributed by atoms with Gasteiger partial charge in [-0.2, -0.15) is 0 Å². The molecule has 0 aliphatic heterocycles. The zero-order chi connectivity index (χ0) is 6.57. The fourth-order valence-electron chi connectivity index (χ4n) is 0.204. The van der Waals surface area contributed by atoms with E-state index >= 15 is 0 Å². The van der Waals surface area contributed by atoms with Gasteiger partial charge in [0.15, 0.2) is 0 Å². The van der Waals surface area contributed by atoms with Gasteiger partial charge in [0.25, 0.3) is 0 Å². The van der Waals surface area contributed by atoms with E-state index < -0.39 is 24.8 Å². The number of carboxylic acids is 2. The largest absolute Gasteiger partial charge is 2.00 e. The van der Waals surface area contributed by atoms with Crippen molar-refractivity contribution in [2.75, 3.05) is 0 Å². The molecule has 0 bridgehead atoms. The molecule has 0 aromatic heterocycles. The number of carbonyl (C=O) groups excluding carboxylic acids is 2. The smallest absolute Gasteiger partial charge is 0.550 e. The van der Waals surface area contributed by atoms with Crippen molar-refractivity contribution >= 4 is 49.7 Å². The number of carboxylic acid groups (broad SMARTS) is 2. The molecule has 0 aliphatic rings. The zero-order valence-corrected chi connectivity index (χ0v) is 8.96. The van der Waals surface area contributed by atoms with E-state index in [1.54, 1.807) is 0 Å². The molecule has 0 fully saturated rings. The van der Waals surface area contributed by atoms with Crippen LogP contribution in [0.4, 0.5) is 0 Å². The van der Waals surface area contributed by atoms with Gasteiger partial charge in [-0.1, -0.05) is 0 Å². The Hall–Kier alpha value is 0.0397. The molecule has 0 aliphatic carbocycles. The average molecular weight is 228 g/mol. The summed E-state index contributed by atoms with van der Waals surface area (Å²) < 4.78 is 0. The summed E-state index contributed by atoms with van der Waals surface area (Å²) in [6.07, 6.45) is -0.940. The molecule has 0 aromatic rings. The molecule has 0 amide bonds. The molecule has 0 saturated heterocycles. The SMILES string of the molecule is O.O.O.O.O=C([O-])CCC(=O)[O-].[Ca+2]. The van der Waals surface area contributed by atoms with Gasteiger partial charge in [0.2, 0.25) is 0 Å². The van der Waals surface area contributed by atoms with Crippen molar-refractivity contribution in [2.45, 2.75) is 12.8 Å². The molecule has 0 saturated carbocycles. The Morgan fingerprint density at radius 2 is 0.923 bits per heavy atom. The second-order valence-electron chi connectivity index (χ2n) is 1.24. The minimum atomic E-state index is -1.37. The van der Waals surface area contributed by atoms with Gasteiger partial charge in [-0.05, 0) is 12.8 Å². The topological polar surface area (TPSA) is 206 Å². The van der Waals surface area contributed by atoms with Crippen LogP contribution in [-0.4, -0.2) is 71.6 Å². The fourth-order valence-corrected chi connectivity index (χ4v) is 0.204. The van der Waals surface area contributed by atoms with E-state index in [1.807, 2.05) is 0 Å². The summed E-state index contributed by atoms with van der Waals surface area (Å²) in [7, 11) is 0. The van der Waals surface area contributed by atoms with Crippen molar-refractivity contribution in [3.63, 3.8) is 0 Å². The molecule has 0 aromatic carbocycles. The Bertz CT molecular complexity index is 101. The van der Waals surface area contributed by atoms with Gasteiger partial charge < -0.3 is 41.7 Å². The van der Waals surface area contributed by atoms with Crippen LogP contribution in [0, 0.1) is 0 Å². The summed E-state index contributed by atoms with van der Waals surface area (Å²) in [5, 5.41) is 19.0. The maximum Gasteiger partial charge on any atom is 2.00 e. The van der Waals surface area contributed by atoms with Crippen LogP contribution >= 0.6 is 0 Å². The Morgan fingerprint density at radius 1 is 0.769 bits per heavy atom. The molecular formula is C4H12CaO8. The third-order valence-corrected chi connectivity index (χ3v) is 0.533. The number of hydrogen-bond acceptors (Lipinski definition) is 4. The van der Waals surface area contributed by atoms with Crippen molar-refractivity contribution < 1.29 is 41.7 Å². The molecular weight excluding hydrogens is 216 g/mol. The van der Waals surface area contributed by atoms with E-state index in [0.29, 0.717) is 0 Å². The first-order valence-corrected chi connectivity index (χ1v) is 2.02. The minimum Gasteiger partial charge on any atom is -0.550 e. The van der Waals surface area contributed by atoms with Gasteiger partial charge in [0.05, 0.1) is 0 Å². The van der Waals surface area contributed by atoms with E-state index in [2.05, 4.69) is 0 Å². The average Bonchev–Trinajstić information content (AvgIpc) is 1.61. The minimum absolute atomic E-state index is 0. The molecule has 9 heteroatoms. The first kappa shape index (κ1) is 38.1.